The van der Waals surface area contributed by atoms with E-state index in [9.17, 15) is 23.1 Å². The molecule has 0 atom stereocenters. The molecule has 12 heteroatoms. The lowest BCUT2D eigenvalue weighted by Gasteiger charge is -2.21. The molecule has 0 radical (unpaired) electrons. The van der Waals surface area contributed by atoms with Crippen molar-refractivity contribution in [1.82, 2.24) is 19.7 Å². The Hall–Kier alpha value is -4.09. The number of carbonyl (C=O) groups is 1. The molecular formula is C22H21F3N6O3. The van der Waals surface area contributed by atoms with E-state index in [1.807, 2.05) is 0 Å². The fourth-order valence-corrected chi connectivity index (χ4v) is 3.31. The van der Waals surface area contributed by atoms with Gasteiger partial charge in [-0.25, -0.2) is 27.8 Å². The number of ether oxygens (including phenoxy) is 1. The summed E-state index contributed by atoms with van der Waals surface area (Å²) in [6.45, 7) is 7.40. The maximum absolute atomic E-state index is 14.1. The van der Waals surface area contributed by atoms with E-state index in [0.29, 0.717) is 0 Å². The molecule has 0 amide bonds. The van der Waals surface area contributed by atoms with Crippen LogP contribution in [0.15, 0.2) is 46.2 Å². The number of aliphatic imine (C=N–C) groups is 2. The number of halogens is 3. The number of nitrogens with zero attached hydrogens (tertiary/aromatic N) is 6. The predicted octanol–water partition coefficient (Wildman–Crippen LogP) is 3.73. The number of aliphatic hydroxyl groups excluding tert-OH is 1. The van der Waals surface area contributed by atoms with Gasteiger partial charge in [-0.3, -0.25) is 14.8 Å². The maximum Gasteiger partial charge on any atom is 0.317 e. The molecule has 0 aliphatic rings. The van der Waals surface area contributed by atoms with Crippen molar-refractivity contribution in [2.45, 2.75) is 27.3 Å². The average molecular weight is 474 g/mol. The van der Waals surface area contributed by atoms with Crippen LogP contribution >= 0.6 is 0 Å². The van der Waals surface area contributed by atoms with E-state index in [0.717, 1.165) is 24.7 Å². The molecule has 0 aliphatic carbocycles. The number of esters is 1. The molecule has 34 heavy (non-hydrogen) atoms. The van der Waals surface area contributed by atoms with Gasteiger partial charge < -0.3 is 9.84 Å². The van der Waals surface area contributed by atoms with E-state index < -0.39 is 34.7 Å². The van der Waals surface area contributed by atoms with E-state index in [1.165, 1.54) is 32.6 Å². The van der Waals surface area contributed by atoms with Gasteiger partial charge in [0.2, 0.25) is 5.88 Å². The molecule has 0 aromatic carbocycles. The Kier molecular flexibility index (Phi) is 6.80. The summed E-state index contributed by atoms with van der Waals surface area (Å²) in [5, 5.41) is 15.1. The lowest BCUT2D eigenvalue weighted by Crippen LogP contribution is -2.28. The summed E-state index contributed by atoms with van der Waals surface area (Å²) >= 11 is 0. The summed E-state index contributed by atoms with van der Waals surface area (Å²) in [5.74, 6) is -3.77. The largest absolute Gasteiger partial charge is 0.492 e. The summed E-state index contributed by atoms with van der Waals surface area (Å²) < 4.78 is 48.1. The van der Waals surface area contributed by atoms with Crippen LogP contribution in [-0.4, -0.2) is 50.4 Å². The molecule has 3 aromatic rings. The number of fused-ring (bicyclic) bond motifs is 1. The number of aliphatic hydroxyl groups is 1. The zero-order valence-electron chi connectivity index (χ0n) is 18.8. The maximum atomic E-state index is 14.1. The van der Waals surface area contributed by atoms with Crippen LogP contribution in [0.5, 0.6) is 0 Å². The van der Waals surface area contributed by atoms with Crippen LogP contribution in [0.2, 0.25) is 0 Å². The number of methoxy groups -OCH3 is 1. The Morgan fingerprint density at radius 3 is 2.47 bits per heavy atom. The molecule has 0 fully saturated rings. The fraction of sp³-hybridized carbons (Fsp3) is 0.273. The first-order valence-electron chi connectivity index (χ1n) is 9.85. The summed E-state index contributed by atoms with van der Waals surface area (Å²) in [6.07, 6.45) is 2.66. The van der Waals surface area contributed by atoms with Gasteiger partial charge >= 0.3 is 5.97 Å². The minimum atomic E-state index is -1.38. The highest BCUT2D eigenvalue weighted by Gasteiger charge is 2.36. The second-order valence-electron chi connectivity index (χ2n) is 7.76. The van der Waals surface area contributed by atoms with Gasteiger partial charge in [0.15, 0.2) is 5.65 Å². The quantitative estimate of drug-likeness (QED) is 0.317. The molecule has 178 valence electrons. The first-order chi connectivity index (χ1) is 16.0. The Morgan fingerprint density at radius 1 is 1.24 bits per heavy atom. The Bertz CT molecular complexity index is 1330. The van der Waals surface area contributed by atoms with Crippen LogP contribution in [0.25, 0.3) is 11.0 Å². The van der Waals surface area contributed by atoms with Crippen LogP contribution in [0.3, 0.4) is 0 Å². The van der Waals surface area contributed by atoms with Gasteiger partial charge in [-0.2, -0.15) is 5.10 Å². The molecule has 0 bridgehead atoms. The zero-order chi connectivity index (χ0) is 25.2. The minimum absolute atomic E-state index is 0.0858. The number of aromatic nitrogens is 4. The third-order valence-corrected chi connectivity index (χ3v) is 5.09. The highest BCUT2D eigenvalue weighted by atomic mass is 19.1. The number of pyridine rings is 2. The van der Waals surface area contributed by atoms with Crippen molar-refractivity contribution in [3.05, 3.63) is 64.9 Å². The SMILES string of the molecule is C=N/C(=C(/O)N=C(C)c1nn(Cc2c(F)cncc2F)c2ncc(F)cc12)C(C)(C)C(=O)OC. The number of hydrogen-bond donors (Lipinski definition) is 1. The van der Waals surface area contributed by atoms with Crippen LogP contribution in [0.4, 0.5) is 13.2 Å². The van der Waals surface area contributed by atoms with Gasteiger partial charge in [-0.05, 0) is 33.6 Å². The Morgan fingerprint density at radius 2 is 1.88 bits per heavy atom. The van der Waals surface area contributed by atoms with Crippen molar-refractivity contribution in [3.63, 3.8) is 0 Å². The molecule has 3 rings (SSSR count). The highest BCUT2D eigenvalue weighted by molar-refractivity contribution is 6.07. The zero-order valence-corrected chi connectivity index (χ0v) is 18.8. The second kappa shape index (κ2) is 9.41. The lowest BCUT2D eigenvalue weighted by atomic mass is 9.89. The van der Waals surface area contributed by atoms with Gasteiger partial charge in [-0.1, -0.05) is 0 Å². The van der Waals surface area contributed by atoms with Crippen molar-refractivity contribution < 1.29 is 27.8 Å². The number of hydrogen-bond acceptors (Lipinski definition) is 8. The molecule has 0 aliphatic heterocycles. The van der Waals surface area contributed by atoms with Gasteiger partial charge in [-0.15, -0.1) is 0 Å². The minimum Gasteiger partial charge on any atom is -0.492 e. The highest BCUT2D eigenvalue weighted by Crippen LogP contribution is 2.31. The first-order valence-corrected chi connectivity index (χ1v) is 9.85. The smallest absolute Gasteiger partial charge is 0.317 e. The summed E-state index contributed by atoms with van der Waals surface area (Å²) in [6, 6.07) is 1.13. The third kappa shape index (κ3) is 4.51. The lowest BCUT2D eigenvalue weighted by molar-refractivity contribution is -0.148. The molecule has 0 saturated carbocycles. The van der Waals surface area contributed by atoms with Crippen molar-refractivity contribution in [1.29, 1.82) is 0 Å². The molecular weight excluding hydrogens is 453 g/mol. The Balaban J connectivity index is 2.16. The summed E-state index contributed by atoms with van der Waals surface area (Å²) in [4.78, 5) is 27.3. The first kappa shape index (κ1) is 24.6. The number of carbonyl (C=O) groups excluding carboxylic acids is 1. The molecule has 0 spiro atoms. The van der Waals surface area contributed by atoms with Crippen molar-refractivity contribution in [3.8, 4) is 0 Å². The summed E-state index contributed by atoms with van der Waals surface area (Å²) in [7, 11) is 1.19. The molecule has 3 aromatic heterocycles. The van der Waals surface area contributed by atoms with E-state index in [4.69, 9.17) is 4.74 Å². The van der Waals surface area contributed by atoms with Crippen molar-refractivity contribution >= 4 is 29.4 Å². The molecule has 9 nitrogen and oxygen atoms in total. The average Bonchev–Trinajstić information content (AvgIpc) is 3.13. The Labute approximate surface area is 192 Å². The third-order valence-electron chi connectivity index (χ3n) is 5.09. The normalized spacial score (nSPS) is 13.1. The van der Waals surface area contributed by atoms with E-state index in [2.05, 4.69) is 31.8 Å². The predicted molar refractivity (Wildman–Crippen MR) is 118 cm³/mol. The monoisotopic (exact) mass is 474 g/mol. The van der Waals surface area contributed by atoms with Crippen LogP contribution < -0.4 is 0 Å². The summed E-state index contributed by atoms with van der Waals surface area (Å²) in [5.41, 5.74) is -1.55. The van der Waals surface area contributed by atoms with Gasteiger partial charge in [0.25, 0.3) is 0 Å². The van der Waals surface area contributed by atoms with Crippen molar-refractivity contribution in [2.75, 3.05) is 7.11 Å². The molecule has 3 heterocycles. The standard InChI is InChI=1S/C22H21F3N6O3/c1-11(29-20(32)18(26-4)22(2,3)21(33)34-5)17-13-6-12(23)7-28-19(13)31(30-17)10-14-15(24)8-27-9-16(14)25/h6-9,32H,4,10H2,1-3,5H3/b20-18+,29-11?. The topological polar surface area (TPSA) is 115 Å². The van der Waals surface area contributed by atoms with E-state index in [-0.39, 0.29) is 40.2 Å². The fourth-order valence-electron chi connectivity index (χ4n) is 3.31. The number of rotatable bonds is 7. The molecule has 1 N–H and O–H groups in total. The molecule has 0 unspecified atom stereocenters. The van der Waals surface area contributed by atoms with E-state index >= 15 is 0 Å². The van der Waals surface area contributed by atoms with Gasteiger partial charge in [0.05, 0.1) is 43.3 Å². The van der Waals surface area contributed by atoms with Gasteiger partial charge in [0, 0.05) is 5.56 Å². The van der Waals surface area contributed by atoms with E-state index in [1.54, 1.807) is 0 Å². The van der Waals surface area contributed by atoms with Gasteiger partial charge in [0.1, 0.15) is 34.3 Å². The van der Waals surface area contributed by atoms with Crippen LogP contribution in [-0.2, 0) is 16.1 Å². The van der Waals surface area contributed by atoms with Crippen LogP contribution in [0, 0.1) is 22.9 Å². The van der Waals surface area contributed by atoms with Crippen LogP contribution in [0.1, 0.15) is 32.0 Å². The molecule has 0 saturated heterocycles. The second-order valence-corrected chi connectivity index (χ2v) is 7.76. The van der Waals surface area contributed by atoms with Crippen molar-refractivity contribution in [2.24, 2.45) is 15.4 Å².